The normalized spacial score (nSPS) is 25.3. The number of rotatable bonds is 6. The van der Waals surface area contributed by atoms with Gasteiger partial charge >= 0.3 is 0 Å². The van der Waals surface area contributed by atoms with Gasteiger partial charge < -0.3 is 19.7 Å². The molecule has 0 radical (unpaired) electrons. The number of nitrogens with zero attached hydrogens (tertiary/aromatic N) is 2. The van der Waals surface area contributed by atoms with E-state index in [-0.39, 0.29) is 29.9 Å². The van der Waals surface area contributed by atoms with E-state index < -0.39 is 0 Å². The summed E-state index contributed by atoms with van der Waals surface area (Å²) in [4.78, 5) is 29.7. The Bertz CT molecular complexity index is 824. The summed E-state index contributed by atoms with van der Waals surface area (Å²) in [5.74, 6) is 1.39. The van der Waals surface area contributed by atoms with E-state index in [0.29, 0.717) is 36.6 Å². The Morgan fingerprint density at radius 2 is 1.94 bits per heavy atom. The molecule has 3 rings (SSSR count). The number of likely N-dealkylation sites (N-methyl/N-ethyl adjacent to an activating group) is 1. The van der Waals surface area contributed by atoms with Gasteiger partial charge in [0.2, 0.25) is 5.91 Å². The standard InChI is InChI=1S/C27H43N3O4/c1-6-9-26(31)28-22-12-13-23-24(14-22)34-18-20(3)30(16-21-10-7-8-11-21)15-19(2)25(33-5)17-29(4)27(23)32/h12-14,19-21,25H,6-11,15-18H2,1-5H3,(H,28,31)/t19-,20-,25+/m0/s1. The summed E-state index contributed by atoms with van der Waals surface area (Å²) in [5, 5.41) is 2.92. The van der Waals surface area contributed by atoms with Crippen LogP contribution in [0.15, 0.2) is 18.2 Å². The number of anilines is 1. The third kappa shape index (κ3) is 6.95. The molecule has 7 heteroatoms. The SMILES string of the molecule is CCCC(=O)Nc1ccc2c(c1)OC[C@H](C)N(CC1CCCC1)C[C@H](C)[C@H](OC)CN(C)C2=O. The molecule has 2 amide bonds. The fraction of sp³-hybridized carbons (Fsp3) is 0.704. The zero-order valence-corrected chi connectivity index (χ0v) is 21.6. The van der Waals surface area contributed by atoms with Crippen LogP contribution in [0.4, 0.5) is 5.69 Å². The minimum Gasteiger partial charge on any atom is -0.491 e. The summed E-state index contributed by atoms with van der Waals surface area (Å²) >= 11 is 0. The molecule has 34 heavy (non-hydrogen) atoms. The zero-order valence-electron chi connectivity index (χ0n) is 21.6. The number of benzene rings is 1. The van der Waals surface area contributed by atoms with Crippen LogP contribution in [0.5, 0.6) is 5.75 Å². The van der Waals surface area contributed by atoms with Crippen molar-refractivity contribution in [3.8, 4) is 5.75 Å². The van der Waals surface area contributed by atoms with E-state index in [9.17, 15) is 9.59 Å². The molecule has 3 atom stereocenters. The third-order valence-corrected chi connectivity index (χ3v) is 7.30. The second-order valence-corrected chi connectivity index (χ2v) is 10.2. The summed E-state index contributed by atoms with van der Waals surface area (Å²) < 4.78 is 12.1. The fourth-order valence-corrected chi connectivity index (χ4v) is 5.15. The van der Waals surface area contributed by atoms with Crippen molar-refractivity contribution in [2.24, 2.45) is 11.8 Å². The molecule has 0 saturated heterocycles. The number of hydrogen-bond donors (Lipinski definition) is 1. The Morgan fingerprint density at radius 3 is 2.62 bits per heavy atom. The molecule has 1 aromatic rings. The maximum absolute atomic E-state index is 13.3. The maximum atomic E-state index is 13.3. The van der Waals surface area contributed by atoms with E-state index in [4.69, 9.17) is 9.47 Å². The molecule has 0 unspecified atom stereocenters. The van der Waals surface area contributed by atoms with Crippen molar-refractivity contribution in [2.45, 2.75) is 71.4 Å². The van der Waals surface area contributed by atoms with E-state index in [1.807, 2.05) is 14.0 Å². The van der Waals surface area contributed by atoms with Crippen molar-refractivity contribution in [1.82, 2.24) is 9.80 Å². The van der Waals surface area contributed by atoms with Gasteiger partial charge in [-0.05, 0) is 50.2 Å². The van der Waals surface area contributed by atoms with Gasteiger partial charge in [0.25, 0.3) is 5.91 Å². The van der Waals surface area contributed by atoms with Gasteiger partial charge in [0.05, 0.1) is 11.7 Å². The number of nitrogens with one attached hydrogen (secondary N) is 1. The Balaban J connectivity index is 1.88. The van der Waals surface area contributed by atoms with Gasteiger partial charge in [-0.3, -0.25) is 14.5 Å². The van der Waals surface area contributed by atoms with Crippen molar-refractivity contribution in [2.75, 3.05) is 45.7 Å². The number of amides is 2. The van der Waals surface area contributed by atoms with Crippen LogP contribution in [0.2, 0.25) is 0 Å². The van der Waals surface area contributed by atoms with Gasteiger partial charge in [0, 0.05) is 58.0 Å². The van der Waals surface area contributed by atoms with Crippen LogP contribution in [-0.2, 0) is 9.53 Å². The number of carbonyl (C=O) groups is 2. The average Bonchev–Trinajstić information content (AvgIpc) is 3.32. The van der Waals surface area contributed by atoms with Gasteiger partial charge in [-0.25, -0.2) is 0 Å². The molecule has 1 aliphatic carbocycles. The molecule has 1 heterocycles. The molecular weight excluding hydrogens is 430 g/mol. The van der Waals surface area contributed by atoms with E-state index >= 15 is 0 Å². The van der Waals surface area contributed by atoms with Crippen LogP contribution in [0.3, 0.4) is 0 Å². The number of carbonyl (C=O) groups excluding carboxylic acids is 2. The Hall–Kier alpha value is -2.12. The van der Waals surface area contributed by atoms with E-state index in [2.05, 4.69) is 24.1 Å². The van der Waals surface area contributed by atoms with Gasteiger partial charge in [-0.1, -0.05) is 26.7 Å². The van der Waals surface area contributed by atoms with Gasteiger partial charge in [0.1, 0.15) is 12.4 Å². The van der Waals surface area contributed by atoms with Gasteiger partial charge in [-0.2, -0.15) is 0 Å². The molecule has 190 valence electrons. The first kappa shape index (κ1) is 26.5. The van der Waals surface area contributed by atoms with Crippen molar-refractivity contribution in [3.05, 3.63) is 23.8 Å². The minimum atomic E-state index is -0.105. The summed E-state index contributed by atoms with van der Waals surface area (Å²) in [5.41, 5.74) is 1.16. The molecule has 0 spiro atoms. The Labute approximate surface area is 205 Å². The van der Waals surface area contributed by atoms with Crippen LogP contribution in [0.25, 0.3) is 0 Å². The van der Waals surface area contributed by atoms with Gasteiger partial charge in [-0.15, -0.1) is 0 Å². The third-order valence-electron chi connectivity index (χ3n) is 7.30. The number of hydrogen-bond acceptors (Lipinski definition) is 5. The highest BCUT2D eigenvalue weighted by atomic mass is 16.5. The van der Waals surface area contributed by atoms with Gasteiger partial charge in [0.15, 0.2) is 0 Å². The molecule has 1 fully saturated rings. The van der Waals surface area contributed by atoms with Crippen molar-refractivity contribution >= 4 is 17.5 Å². The fourth-order valence-electron chi connectivity index (χ4n) is 5.15. The quantitative estimate of drug-likeness (QED) is 0.662. The molecule has 1 aliphatic heterocycles. The highest BCUT2D eigenvalue weighted by Gasteiger charge is 2.30. The molecule has 7 nitrogen and oxygen atoms in total. The van der Waals surface area contributed by atoms with E-state index in [1.54, 1.807) is 30.2 Å². The second kappa shape index (κ2) is 12.5. The minimum absolute atomic E-state index is 0.0351. The van der Waals surface area contributed by atoms with Crippen LogP contribution in [-0.4, -0.2) is 74.2 Å². The van der Waals surface area contributed by atoms with Crippen LogP contribution >= 0.6 is 0 Å². The lowest BCUT2D eigenvalue weighted by Gasteiger charge is -2.37. The first-order valence-corrected chi connectivity index (χ1v) is 12.9. The molecule has 0 aromatic heterocycles. The molecule has 1 saturated carbocycles. The second-order valence-electron chi connectivity index (χ2n) is 10.2. The maximum Gasteiger partial charge on any atom is 0.257 e. The number of methoxy groups -OCH3 is 1. The summed E-state index contributed by atoms with van der Waals surface area (Å²) in [6, 6.07) is 5.51. The van der Waals surface area contributed by atoms with Crippen molar-refractivity contribution in [1.29, 1.82) is 0 Å². The number of ether oxygens (including phenoxy) is 2. The van der Waals surface area contributed by atoms with Crippen LogP contribution in [0.1, 0.15) is 69.7 Å². The Kier molecular flexibility index (Phi) is 9.77. The average molecular weight is 474 g/mol. The highest BCUT2D eigenvalue weighted by molar-refractivity contribution is 5.98. The molecule has 1 aromatic carbocycles. The summed E-state index contributed by atoms with van der Waals surface area (Å²) in [7, 11) is 3.55. The van der Waals surface area contributed by atoms with E-state index in [0.717, 1.165) is 25.4 Å². The molecular formula is C27H43N3O4. The molecule has 0 bridgehead atoms. The van der Waals surface area contributed by atoms with Crippen LogP contribution in [0, 0.1) is 11.8 Å². The molecule has 1 N–H and O–H groups in total. The number of fused-ring (bicyclic) bond motifs is 1. The monoisotopic (exact) mass is 473 g/mol. The van der Waals surface area contributed by atoms with Crippen LogP contribution < -0.4 is 10.1 Å². The lowest BCUT2D eigenvalue weighted by Crippen LogP contribution is -2.47. The lowest BCUT2D eigenvalue weighted by atomic mass is 9.99. The lowest BCUT2D eigenvalue weighted by molar-refractivity contribution is -0.116. The smallest absolute Gasteiger partial charge is 0.257 e. The predicted molar refractivity (Wildman–Crippen MR) is 135 cm³/mol. The topological polar surface area (TPSA) is 71.1 Å². The highest BCUT2D eigenvalue weighted by Crippen LogP contribution is 2.29. The first-order chi connectivity index (χ1) is 16.3. The molecule has 2 aliphatic rings. The summed E-state index contributed by atoms with van der Waals surface area (Å²) in [6.45, 7) is 9.36. The van der Waals surface area contributed by atoms with Crippen molar-refractivity contribution < 1.29 is 19.1 Å². The van der Waals surface area contributed by atoms with Crippen molar-refractivity contribution in [3.63, 3.8) is 0 Å². The predicted octanol–water partition coefficient (Wildman–Crippen LogP) is 4.42. The Morgan fingerprint density at radius 1 is 1.21 bits per heavy atom. The first-order valence-electron chi connectivity index (χ1n) is 12.9. The largest absolute Gasteiger partial charge is 0.491 e. The zero-order chi connectivity index (χ0) is 24.7. The van der Waals surface area contributed by atoms with E-state index in [1.165, 1.54) is 25.7 Å². The summed E-state index contributed by atoms with van der Waals surface area (Å²) in [6.07, 6.45) is 6.44.